The maximum atomic E-state index is 12.8. The molecule has 4 amide bonds. The lowest BCUT2D eigenvalue weighted by Gasteiger charge is -2.32. The highest BCUT2D eigenvalue weighted by Crippen LogP contribution is 2.27. The molecule has 0 radical (unpaired) electrons. The van der Waals surface area contributed by atoms with Crippen LogP contribution in [-0.4, -0.2) is 50.7 Å². The molecule has 1 unspecified atom stereocenters. The van der Waals surface area contributed by atoms with Gasteiger partial charge in [-0.2, -0.15) is 4.52 Å². The lowest BCUT2D eigenvalue weighted by Crippen LogP contribution is -2.40. The number of hydrogen-bond donors (Lipinski definition) is 3. The van der Waals surface area contributed by atoms with Crippen molar-refractivity contribution in [1.29, 1.82) is 0 Å². The molecule has 2 fully saturated rings. The van der Waals surface area contributed by atoms with Crippen LogP contribution in [0.3, 0.4) is 0 Å². The number of nitrogens with zero attached hydrogens (tertiary/aromatic N) is 5. The molecule has 3 N–H and O–H groups in total. The van der Waals surface area contributed by atoms with Gasteiger partial charge in [0.1, 0.15) is 17.7 Å². The van der Waals surface area contributed by atoms with Gasteiger partial charge in [0.2, 0.25) is 5.91 Å². The summed E-state index contributed by atoms with van der Waals surface area (Å²) in [5, 5.41) is 20.1. The van der Waals surface area contributed by atoms with Crippen LogP contribution in [0.1, 0.15) is 25.3 Å². The van der Waals surface area contributed by atoms with E-state index >= 15 is 0 Å². The lowest BCUT2D eigenvalue weighted by atomic mass is 9.92. The first-order chi connectivity index (χ1) is 15.4. The Labute approximate surface area is 183 Å². The van der Waals surface area contributed by atoms with Crippen LogP contribution in [0.4, 0.5) is 16.3 Å². The number of benzene rings is 1. The zero-order valence-electron chi connectivity index (χ0n) is 17.4. The molecule has 11 heteroatoms. The van der Waals surface area contributed by atoms with Crippen molar-refractivity contribution in [2.75, 3.05) is 23.3 Å². The first-order valence-electron chi connectivity index (χ1n) is 10.4. The van der Waals surface area contributed by atoms with Crippen molar-refractivity contribution in [3.8, 4) is 0 Å². The number of amides is 4. The molecule has 5 rings (SSSR count). The first kappa shape index (κ1) is 19.9. The first-order valence-corrected chi connectivity index (χ1v) is 10.4. The third-order valence-corrected chi connectivity index (χ3v) is 6.11. The monoisotopic (exact) mass is 434 g/mol. The largest absolute Gasteiger partial charge is 0.355 e. The van der Waals surface area contributed by atoms with E-state index in [4.69, 9.17) is 0 Å². The van der Waals surface area contributed by atoms with Crippen LogP contribution in [0, 0.1) is 5.92 Å². The molecule has 2 aliphatic rings. The predicted molar refractivity (Wildman–Crippen MR) is 115 cm³/mol. The number of piperidine rings is 1. The smallest absolute Gasteiger partial charge is 0.322 e. The van der Waals surface area contributed by atoms with Crippen molar-refractivity contribution < 1.29 is 14.4 Å². The highest BCUT2D eigenvalue weighted by Gasteiger charge is 2.43. The number of hydrogen-bond acceptors (Lipinski definition) is 7. The molecule has 0 bridgehead atoms. The molecule has 164 valence electrons. The van der Waals surface area contributed by atoms with Gasteiger partial charge in [-0.1, -0.05) is 12.1 Å². The van der Waals surface area contributed by atoms with E-state index in [9.17, 15) is 14.4 Å². The van der Waals surface area contributed by atoms with Gasteiger partial charge in [0, 0.05) is 24.7 Å². The van der Waals surface area contributed by atoms with Crippen LogP contribution >= 0.6 is 0 Å². The standard InChI is InChI=1S/C21H22N8O3/c1-21(19(31)24-20(32)25-21)14-2-4-15(5-3-14)23-18(30)13-8-10-28(11-9-13)17-7-6-16-26-22-12-29(16)27-17/h2-7,12-13H,8-11H2,1H3,(H,23,30)(H2,24,25,31,32). The lowest BCUT2D eigenvalue weighted by molar-refractivity contribution is -0.123. The summed E-state index contributed by atoms with van der Waals surface area (Å²) in [7, 11) is 0. The number of anilines is 2. The van der Waals surface area contributed by atoms with Crippen LogP contribution in [0.15, 0.2) is 42.7 Å². The van der Waals surface area contributed by atoms with E-state index in [0.29, 0.717) is 16.9 Å². The SMILES string of the molecule is CC1(c2ccc(NC(=O)C3CCN(c4ccc5nncn5n4)CC3)cc2)NC(=O)NC1=O. The van der Waals surface area contributed by atoms with Crippen molar-refractivity contribution in [1.82, 2.24) is 30.4 Å². The number of carbonyl (C=O) groups excluding carboxylic acids is 3. The Hall–Kier alpha value is -4.02. The number of fused-ring (bicyclic) bond motifs is 1. The van der Waals surface area contributed by atoms with Crippen LogP contribution in [0.5, 0.6) is 0 Å². The molecular formula is C21H22N8O3. The Balaban J connectivity index is 1.19. The number of nitrogens with one attached hydrogen (secondary N) is 3. The summed E-state index contributed by atoms with van der Waals surface area (Å²) in [4.78, 5) is 38.5. The fourth-order valence-electron chi connectivity index (χ4n) is 4.14. The molecule has 1 aromatic carbocycles. The van der Waals surface area contributed by atoms with Gasteiger partial charge in [-0.15, -0.1) is 15.3 Å². The van der Waals surface area contributed by atoms with Crippen molar-refractivity contribution in [3.05, 3.63) is 48.3 Å². The fraction of sp³-hybridized carbons (Fsp3) is 0.333. The van der Waals surface area contributed by atoms with Crippen LogP contribution in [0.2, 0.25) is 0 Å². The minimum absolute atomic E-state index is 0.0299. The summed E-state index contributed by atoms with van der Waals surface area (Å²) in [6, 6.07) is 10.2. The Bertz CT molecular complexity index is 1200. The molecule has 0 aliphatic carbocycles. The zero-order valence-corrected chi connectivity index (χ0v) is 17.4. The average Bonchev–Trinajstić information content (AvgIpc) is 3.37. The van der Waals surface area contributed by atoms with E-state index < -0.39 is 17.5 Å². The molecule has 2 aromatic heterocycles. The van der Waals surface area contributed by atoms with Crippen molar-refractivity contribution in [2.45, 2.75) is 25.3 Å². The van der Waals surface area contributed by atoms with Crippen molar-refractivity contribution in [2.24, 2.45) is 5.92 Å². The Morgan fingerprint density at radius 1 is 1.12 bits per heavy atom. The summed E-state index contributed by atoms with van der Waals surface area (Å²) < 4.78 is 1.64. The van der Waals surface area contributed by atoms with Gasteiger partial charge in [-0.05, 0) is 49.6 Å². The second-order valence-corrected chi connectivity index (χ2v) is 8.19. The quantitative estimate of drug-likeness (QED) is 0.522. The Kier molecular flexibility index (Phi) is 4.72. The van der Waals surface area contributed by atoms with Gasteiger partial charge in [0.05, 0.1) is 0 Å². The van der Waals surface area contributed by atoms with Crippen molar-refractivity contribution in [3.63, 3.8) is 0 Å². The second kappa shape index (κ2) is 7.59. The van der Waals surface area contributed by atoms with Gasteiger partial charge in [-0.25, -0.2) is 4.79 Å². The minimum Gasteiger partial charge on any atom is -0.355 e. The topological polar surface area (TPSA) is 134 Å². The predicted octanol–water partition coefficient (Wildman–Crippen LogP) is 1.03. The molecule has 11 nitrogen and oxygen atoms in total. The van der Waals surface area contributed by atoms with Gasteiger partial charge >= 0.3 is 6.03 Å². The summed E-state index contributed by atoms with van der Waals surface area (Å²) in [6.07, 6.45) is 3.00. The van der Waals surface area contributed by atoms with Crippen molar-refractivity contribution >= 4 is 35.0 Å². The maximum Gasteiger partial charge on any atom is 0.322 e. The molecule has 1 atom stereocenters. The molecule has 3 aromatic rings. The van der Waals surface area contributed by atoms with E-state index in [-0.39, 0.29) is 11.8 Å². The fourth-order valence-corrected chi connectivity index (χ4v) is 4.14. The molecule has 32 heavy (non-hydrogen) atoms. The summed E-state index contributed by atoms with van der Waals surface area (Å²) in [6.45, 7) is 3.10. The second-order valence-electron chi connectivity index (χ2n) is 8.19. The van der Waals surface area contributed by atoms with Gasteiger partial charge in [0.25, 0.3) is 5.91 Å². The zero-order chi connectivity index (χ0) is 22.3. The molecule has 0 saturated carbocycles. The number of rotatable bonds is 4. The van der Waals surface area contributed by atoms with Crippen LogP contribution in [-0.2, 0) is 15.1 Å². The molecule has 2 aliphatic heterocycles. The third-order valence-electron chi connectivity index (χ3n) is 6.11. The normalized spacial score (nSPS) is 21.5. The number of imide groups is 1. The van der Waals surface area contributed by atoms with E-state index in [0.717, 1.165) is 31.7 Å². The van der Waals surface area contributed by atoms with Gasteiger partial charge < -0.3 is 15.5 Å². The van der Waals surface area contributed by atoms with E-state index in [2.05, 4.69) is 36.1 Å². The van der Waals surface area contributed by atoms with E-state index in [1.54, 1.807) is 42.0 Å². The highest BCUT2D eigenvalue weighted by molar-refractivity contribution is 6.07. The summed E-state index contributed by atoms with van der Waals surface area (Å²) >= 11 is 0. The van der Waals surface area contributed by atoms with Gasteiger partial charge in [-0.3, -0.25) is 14.9 Å². The minimum atomic E-state index is -1.11. The Morgan fingerprint density at radius 2 is 1.88 bits per heavy atom. The number of urea groups is 1. The number of carbonyl (C=O) groups is 3. The van der Waals surface area contributed by atoms with Crippen LogP contribution < -0.4 is 20.9 Å². The molecule has 0 spiro atoms. The Morgan fingerprint density at radius 3 is 2.56 bits per heavy atom. The highest BCUT2D eigenvalue weighted by atomic mass is 16.2. The summed E-state index contributed by atoms with van der Waals surface area (Å²) in [5.41, 5.74) is 0.869. The summed E-state index contributed by atoms with van der Waals surface area (Å²) in [5.74, 6) is 0.312. The third kappa shape index (κ3) is 3.51. The molecule has 4 heterocycles. The van der Waals surface area contributed by atoms with E-state index in [1.165, 1.54) is 0 Å². The van der Waals surface area contributed by atoms with E-state index in [1.807, 2.05) is 12.1 Å². The van der Waals surface area contributed by atoms with Crippen LogP contribution in [0.25, 0.3) is 5.65 Å². The maximum absolute atomic E-state index is 12.8. The molecule has 2 saturated heterocycles. The number of aromatic nitrogens is 4. The molecular weight excluding hydrogens is 412 g/mol. The van der Waals surface area contributed by atoms with Gasteiger partial charge in [0.15, 0.2) is 5.65 Å². The average molecular weight is 434 g/mol.